The van der Waals surface area contributed by atoms with E-state index in [0.29, 0.717) is 16.7 Å². The summed E-state index contributed by atoms with van der Waals surface area (Å²) < 4.78 is 83.6. The molecule has 0 saturated carbocycles. The van der Waals surface area contributed by atoms with Crippen LogP contribution in [0.1, 0.15) is 11.1 Å². The van der Waals surface area contributed by atoms with E-state index in [1.807, 2.05) is 0 Å². The number of hydrogen-bond donors (Lipinski definition) is 0. The normalized spacial score (nSPS) is 13.2. The summed E-state index contributed by atoms with van der Waals surface area (Å²) in [7, 11) is -5.31. The molecular weight excluding hydrogens is 436 g/mol. The van der Waals surface area contributed by atoms with Gasteiger partial charge in [0, 0.05) is 5.56 Å². The first-order valence-electron chi connectivity index (χ1n) is 8.57. The van der Waals surface area contributed by atoms with Crippen LogP contribution in [0.25, 0.3) is 5.57 Å². The quantitative estimate of drug-likeness (QED) is 0.294. The van der Waals surface area contributed by atoms with E-state index in [4.69, 9.17) is 0 Å². The molecule has 3 rings (SSSR count). The van der Waals surface area contributed by atoms with Gasteiger partial charge in [0.25, 0.3) is 0 Å². The molecule has 31 heavy (non-hydrogen) atoms. The van der Waals surface area contributed by atoms with Crippen molar-refractivity contribution in [3.05, 3.63) is 94.6 Å². The van der Waals surface area contributed by atoms with Gasteiger partial charge >= 0.3 is 10.1 Å². The van der Waals surface area contributed by atoms with Crippen LogP contribution in [-0.2, 0) is 14.4 Å². The van der Waals surface area contributed by atoms with Gasteiger partial charge < -0.3 is 0 Å². The summed E-state index contributed by atoms with van der Waals surface area (Å²) in [6.07, 6.45) is 5.47. The zero-order valence-corrected chi connectivity index (χ0v) is 16.6. The number of oxime groups is 1. The van der Waals surface area contributed by atoms with Crippen molar-refractivity contribution in [1.82, 2.24) is 0 Å². The molecule has 0 amide bonds. The minimum absolute atomic E-state index is 0.0912. The van der Waals surface area contributed by atoms with Crippen molar-refractivity contribution in [3.63, 3.8) is 0 Å². The molecule has 2 aromatic rings. The Balaban J connectivity index is 1.90. The number of rotatable bonds is 4. The van der Waals surface area contributed by atoms with Gasteiger partial charge in [-0.3, -0.25) is 4.28 Å². The van der Waals surface area contributed by atoms with E-state index >= 15 is 0 Å². The van der Waals surface area contributed by atoms with Crippen LogP contribution in [-0.4, -0.2) is 14.1 Å². The summed E-state index contributed by atoms with van der Waals surface area (Å²) in [5.74, 6) is -7.94. The van der Waals surface area contributed by atoms with Gasteiger partial charge in [-0.1, -0.05) is 47.6 Å². The molecule has 158 valence electrons. The molecule has 0 atom stereocenters. The van der Waals surface area contributed by atoms with Gasteiger partial charge in [-0.05, 0) is 30.2 Å². The predicted octanol–water partition coefficient (Wildman–Crippen LogP) is 4.72. The highest BCUT2D eigenvalue weighted by Crippen LogP contribution is 2.28. The lowest BCUT2D eigenvalue weighted by Crippen LogP contribution is -2.14. The first-order valence-corrected chi connectivity index (χ1v) is 9.98. The van der Waals surface area contributed by atoms with Crippen LogP contribution in [0.15, 0.2) is 70.3 Å². The minimum Gasteiger partial charge on any atom is -0.264 e. The van der Waals surface area contributed by atoms with E-state index in [1.54, 1.807) is 30.3 Å². The molecule has 0 heterocycles. The van der Waals surface area contributed by atoms with Crippen LogP contribution in [0.5, 0.6) is 0 Å². The van der Waals surface area contributed by atoms with Crippen molar-refractivity contribution in [3.8, 4) is 6.07 Å². The Morgan fingerprint density at radius 1 is 0.935 bits per heavy atom. The molecule has 0 aromatic heterocycles. The van der Waals surface area contributed by atoms with E-state index in [2.05, 4.69) is 15.5 Å². The lowest BCUT2D eigenvalue weighted by Gasteiger charge is -2.09. The van der Waals surface area contributed by atoms with Gasteiger partial charge in [0.05, 0.1) is 5.57 Å². The number of nitrogens with zero attached hydrogens (tertiary/aromatic N) is 2. The molecule has 2 aromatic carbocycles. The van der Waals surface area contributed by atoms with Crippen molar-refractivity contribution >= 4 is 21.4 Å². The van der Waals surface area contributed by atoms with Crippen molar-refractivity contribution in [2.75, 3.05) is 0 Å². The smallest absolute Gasteiger partial charge is 0.264 e. The second kappa shape index (κ2) is 8.57. The monoisotopic (exact) mass is 448 g/mol. The molecule has 0 fully saturated rings. The Hall–Kier alpha value is -3.71. The highest BCUT2D eigenvalue weighted by Gasteiger charge is 2.33. The van der Waals surface area contributed by atoms with E-state index in [0.717, 1.165) is 6.92 Å². The van der Waals surface area contributed by atoms with Crippen molar-refractivity contribution < 1.29 is 30.3 Å². The molecule has 0 saturated heterocycles. The van der Waals surface area contributed by atoms with Crippen LogP contribution in [0, 0.1) is 41.5 Å². The van der Waals surface area contributed by atoms with Crippen LogP contribution in [0.2, 0.25) is 0 Å². The van der Waals surface area contributed by atoms with Crippen molar-refractivity contribution in [1.29, 1.82) is 5.26 Å². The zero-order chi connectivity index (χ0) is 22.8. The maximum Gasteiger partial charge on any atom is 0.364 e. The Kier molecular flexibility index (Phi) is 6.08. The Bertz CT molecular complexity index is 1280. The van der Waals surface area contributed by atoms with Crippen LogP contribution >= 0.6 is 0 Å². The fraction of sp³-hybridized carbons (Fsp3) is 0.0476. The van der Waals surface area contributed by atoms with E-state index in [1.165, 1.54) is 24.3 Å². The Morgan fingerprint density at radius 2 is 1.48 bits per heavy atom. The molecule has 0 radical (unpaired) electrons. The zero-order valence-electron chi connectivity index (χ0n) is 15.7. The largest absolute Gasteiger partial charge is 0.364 e. The molecule has 10 heteroatoms. The van der Waals surface area contributed by atoms with Crippen molar-refractivity contribution in [2.24, 2.45) is 5.16 Å². The van der Waals surface area contributed by atoms with E-state index < -0.39 is 43.8 Å². The van der Waals surface area contributed by atoms with Crippen LogP contribution in [0.3, 0.4) is 0 Å². The molecular formula is C21H12F4N2O3S. The first kappa shape index (κ1) is 22.0. The van der Waals surface area contributed by atoms with Gasteiger partial charge in [0.2, 0.25) is 0 Å². The van der Waals surface area contributed by atoms with Gasteiger partial charge in [0.1, 0.15) is 11.8 Å². The SMILES string of the molecule is Cc1c(F)c(F)c(S(=O)(=O)ON=C2C=CC(=C(C#N)c3ccccc3)C=C2)c(F)c1F. The summed E-state index contributed by atoms with van der Waals surface area (Å²) in [6.45, 7) is 0.752. The molecule has 0 aliphatic heterocycles. The lowest BCUT2D eigenvalue weighted by atomic mass is 9.97. The molecule has 0 bridgehead atoms. The molecule has 1 aliphatic rings. The second-order valence-corrected chi connectivity index (χ2v) is 7.70. The maximum absolute atomic E-state index is 14.0. The maximum atomic E-state index is 14.0. The fourth-order valence-corrected chi connectivity index (χ4v) is 3.54. The van der Waals surface area contributed by atoms with Gasteiger partial charge in [-0.25, -0.2) is 17.6 Å². The summed E-state index contributed by atoms with van der Waals surface area (Å²) in [6, 6.07) is 10.8. The summed E-state index contributed by atoms with van der Waals surface area (Å²) in [5.41, 5.74) is 0.393. The van der Waals surface area contributed by atoms with Gasteiger partial charge in [-0.15, -0.1) is 0 Å². The molecule has 0 spiro atoms. The Morgan fingerprint density at radius 3 is 2.00 bits per heavy atom. The van der Waals surface area contributed by atoms with Crippen LogP contribution < -0.4 is 0 Å². The number of benzene rings is 2. The fourth-order valence-electron chi connectivity index (χ4n) is 2.66. The molecule has 1 aliphatic carbocycles. The molecule has 5 nitrogen and oxygen atoms in total. The van der Waals surface area contributed by atoms with Gasteiger partial charge in [-0.2, -0.15) is 13.7 Å². The highest BCUT2D eigenvalue weighted by atomic mass is 32.2. The average molecular weight is 448 g/mol. The lowest BCUT2D eigenvalue weighted by molar-refractivity contribution is 0.326. The van der Waals surface area contributed by atoms with Crippen LogP contribution in [0.4, 0.5) is 17.6 Å². The predicted molar refractivity (Wildman–Crippen MR) is 104 cm³/mol. The standard InChI is InChI=1S/C21H12F4N2O3S/c1-12-17(22)19(24)21(20(25)18(12)23)31(28,29)30-27-15-9-7-14(8-10-15)16(11-26)13-5-3-2-4-6-13/h2-10H,1H3. The third-order valence-corrected chi connectivity index (χ3v) is 5.39. The molecule has 0 unspecified atom stereocenters. The van der Waals surface area contributed by atoms with E-state index in [9.17, 15) is 31.2 Å². The Labute approximate surface area is 175 Å². The second-order valence-electron chi connectivity index (χ2n) is 6.23. The first-order chi connectivity index (χ1) is 14.7. The third kappa shape index (κ3) is 4.27. The molecule has 0 N–H and O–H groups in total. The number of hydrogen-bond acceptors (Lipinski definition) is 5. The minimum atomic E-state index is -5.31. The van der Waals surface area contributed by atoms with Crippen molar-refractivity contribution in [2.45, 2.75) is 11.8 Å². The number of nitriles is 1. The highest BCUT2D eigenvalue weighted by molar-refractivity contribution is 7.86. The third-order valence-electron chi connectivity index (χ3n) is 4.26. The van der Waals surface area contributed by atoms with E-state index in [-0.39, 0.29) is 5.71 Å². The topological polar surface area (TPSA) is 79.5 Å². The summed E-state index contributed by atoms with van der Waals surface area (Å²) in [4.78, 5) is -1.92. The summed E-state index contributed by atoms with van der Waals surface area (Å²) >= 11 is 0. The average Bonchev–Trinajstić information content (AvgIpc) is 2.77. The van der Waals surface area contributed by atoms with Gasteiger partial charge in [0.15, 0.2) is 28.2 Å². The number of halogens is 4. The number of allylic oxidation sites excluding steroid dienone is 6. The summed E-state index contributed by atoms with van der Waals surface area (Å²) in [5, 5.41) is 12.7.